The van der Waals surface area contributed by atoms with E-state index in [0.29, 0.717) is 18.0 Å². The van der Waals surface area contributed by atoms with Gasteiger partial charge in [0.2, 0.25) is 0 Å². The summed E-state index contributed by atoms with van der Waals surface area (Å²) in [5.74, 6) is -1.39. The summed E-state index contributed by atoms with van der Waals surface area (Å²) in [5, 5.41) is 9.33. The highest BCUT2D eigenvalue weighted by atomic mass is 79.9. The van der Waals surface area contributed by atoms with Gasteiger partial charge in [-0.3, -0.25) is 0 Å². The summed E-state index contributed by atoms with van der Waals surface area (Å²) >= 11 is 3.53. The second kappa shape index (κ2) is 8.78. The largest absolute Gasteiger partial charge is 0.488 e. The van der Waals surface area contributed by atoms with Crippen LogP contribution in [-0.2, 0) is 6.61 Å². The Morgan fingerprint density at radius 3 is 2.55 bits per heavy atom. The van der Waals surface area contributed by atoms with Gasteiger partial charge in [-0.1, -0.05) is 46.3 Å². The minimum atomic E-state index is -1.31. The van der Waals surface area contributed by atoms with Crippen LogP contribution < -0.4 is 4.74 Å². The SMILES string of the molecule is Cc1ccc(-c2cc(Br)ccc2OCc2ccccc2)n1-c1ccc(F)c(C(=O)O)c1. The summed E-state index contributed by atoms with van der Waals surface area (Å²) in [5.41, 5.74) is 3.76. The van der Waals surface area contributed by atoms with E-state index in [2.05, 4.69) is 15.9 Å². The molecule has 1 heterocycles. The van der Waals surface area contributed by atoms with Crippen molar-refractivity contribution in [2.75, 3.05) is 0 Å². The molecule has 156 valence electrons. The number of hydrogen-bond donors (Lipinski definition) is 1. The lowest BCUT2D eigenvalue weighted by Crippen LogP contribution is -2.06. The van der Waals surface area contributed by atoms with Gasteiger partial charge in [-0.25, -0.2) is 9.18 Å². The van der Waals surface area contributed by atoms with Crippen LogP contribution in [0.1, 0.15) is 21.6 Å². The van der Waals surface area contributed by atoms with Gasteiger partial charge in [0, 0.05) is 21.4 Å². The number of ether oxygens (including phenoxy) is 1. The summed E-state index contributed by atoms with van der Waals surface area (Å²) in [4.78, 5) is 11.4. The molecule has 0 saturated carbocycles. The first kappa shape index (κ1) is 20.9. The number of hydrogen-bond acceptors (Lipinski definition) is 2. The Balaban J connectivity index is 1.79. The van der Waals surface area contributed by atoms with Gasteiger partial charge >= 0.3 is 5.97 Å². The van der Waals surface area contributed by atoms with Crippen molar-refractivity contribution in [2.24, 2.45) is 0 Å². The molecule has 0 aliphatic rings. The van der Waals surface area contributed by atoms with Crippen molar-refractivity contribution in [3.05, 3.63) is 106 Å². The molecule has 0 aliphatic carbocycles. The normalized spacial score (nSPS) is 10.8. The van der Waals surface area contributed by atoms with Crippen LogP contribution >= 0.6 is 15.9 Å². The van der Waals surface area contributed by atoms with Crippen molar-refractivity contribution in [1.82, 2.24) is 4.57 Å². The molecule has 3 aromatic carbocycles. The Hall–Kier alpha value is -3.38. The van der Waals surface area contributed by atoms with Crippen molar-refractivity contribution in [2.45, 2.75) is 13.5 Å². The van der Waals surface area contributed by atoms with Gasteiger partial charge in [0.25, 0.3) is 0 Å². The molecule has 0 spiro atoms. The van der Waals surface area contributed by atoms with Gasteiger partial charge < -0.3 is 14.4 Å². The molecule has 0 unspecified atom stereocenters. The predicted molar refractivity (Wildman–Crippen MR) is 121 cm³/mol. The highest BCUT2D eigenvalue weighted by molar-refractivity contribution is 9.10. The van der Waals surface area contributed by atoms with E-state index in [1.165, 1.54) is 12.1 Å². The Kier molecular flexibility index (Phi) is 5.91. The van der Waals surface area contributed by atoms with E-state index in [4.69, 9.17) is 4.74 Å². The van der Waals surface area contributed by atoms with Crippen LogP contribution in [0.4, 0.5) is 4.39 Å². The van der Waals surface area contributed by atoms with Crippen LogP contribution in [0.5, 0.6) is 5.75 Å². The second-order valence-electron chi connectivity index (χ2n) is 7.08. The van der Waals surface area contributed by atoms with E-state index >= 15 is 0 Å². The highest BCUT2D eigenvalue weighted by Crippen LogP contribution is 2.36. The van der Waals surface area contributed by atoms with E-state index in [1.54, 1.807) is 6.07 Å². The zero-order valence-corrected chi connectivity index (χ0v) is 18.3. The minimum absolute atomic E-state index is 0.369. The van der Waals surface area contributed by atoms with Gasteiger partial charge in [-0.2, -0.15) is 0 Å². The minimum Gasteiger partial charge on any atom is -0.488 e. The number of carboxylic acid groups (broad SMARTS) is 1. The molecule has 0 atom stereocenters. The fraction of sp³-hybridized carbons (Fsp3) is 0.0800. The van der Waals surface area contributed by atoms with Crippen molar-refractivity contribution in [3.8, 4) is 22.7 Å². The molecule has 0 saturated heterocycles. The van der Waals surface area contributed by atoms with Gasteiger partial charge in [0.15, 0.2) is 0 Å². The zero-order chi connectivity index (χ0) is 22.0. The van der Waals surface area contributed by atoms with Crippen LogP contribution in [0.2, 0.25) is 0 Å². The first-order chi connectivity index (χ1) is 14.9. The molecule has 4 rings (SSSR count). The number of aromatic nitrogens is 1. The lowest BCUT2D eigenvalue weighted by molar-refractivity contribution is 0.0692. The maximum atomic E-state index is 13.9. The third-order valence-corrected chi connectivity index (χ3v) is 5.46. The Morgan fingerprint density at radius 1 is 1.03 bits per heavy atom. The third-order valence-electron chi connectivity index (χ3n) is 4.97. The van der Waals surface area contributed by atoms with E-state index in [9.17, 15) is 14.3 Å². The molecule has 4 nitrogen and oxygen atoms in total. The molecule has 1 N–H and O–H groups in total. The Morgan fingerprint density at radius 2 is 1.81 bits per heavy atom. The molecule has 0 radical (unpaired) electrons. The number of carboxylic acids is 1. The fourth-order valence-corrected chi connectivity index (χ4v) is 3.83. The van der Waals surface area contributed by atoms with Crippen LogP contribution in [0.3, 0.4) is 0 Å². The average molecular weight is 480 g/mol. The number of carbonyl (C=O) groups is 1. The predicted octanol–water partition coefficient (Wildman–Crippen LogP) is 6.63. The molecule has 1 aromatic heterocycles. The number of benzene rings is 3. The molecule has 31 heavy (non-hydrogen) atoms. The number of aryl methyl sites for hydroxylation is 1. The highest BCUT2D eigenvalue weighted by Gasteiger charge is 2.17. The summed E-state index contributed by atoms with van der Waals surface area (Å²) < 4.78 is 22.8. The first-order valence-electron chi connectivity index (χ1n) is 9.62. The number of nitrogens with zero attached hydrogens (tertiary/aromatic N) is 1. The van der Waals surface area contributed by atoms with E-state index in [-0.39, 0.29) is 5.56 Å². The molecular weight excluding hydrogens is 461 g/mol. The molecule has 0 fully saturated rings. The van der Waals surface area contributed by atoms with E-state index in [1.807, 2.05) is 72.2 Å². The third kappa shape index (κ3) is 4.39. The average Bonchev–Trinajstić information content (AvgIpc) is 3.15. The van der Waals surface area contributed by atoms with Crippen LogP contribution in [0.15, 0.2) is 83.3 Å². The summed E-state index contributed by atoms with van der Waals surface area (Å²) in [6.45, 7) is 2.32. The van der Waals surface area contributed by atoms with Gasteiger partial charge in [-0.05, 0) is 61.0 Å². The van der Waals surface area contributed by atoms with Crippen LogP contribution in [0.25, 0.3) is 16.9 Å². The number of aromatic carboxylic acids is 1. The van der Waals surface area contributed by atoms with Gasteiger partial charge in [0.1, 0.15) is 18.2 Å². The van der Waals surface area contributed by atoms with Crippen molar-refractivity contribution >= 4 is 21.9 Å². The Labute approximate surface area is 187 Å². The van der Waals surface area contributed by atoms with Crippen molar-refractivity contribution in [3.63, 3.8) is 0 Å². The summed E-state index contributed by atoms with van der Waals surface area (Å²) in [6, 6.07) is 23.6. The molecular formula is C25H19BrFNO3. The maximum absolute atomic E-state index is 13.9. The molecule has 0 aliphatic heterocycles. The maximum Gasteiger partial charge on any atom is 0.338 e. The van der Waals surface area contributed by atoms with Crippen molar-refractivity contribution in [1.29, 1.82) is 0 Å². The first-order valence-corrected chi connectivity index (χ1v) is 10.4. The van der Waals surface area contributed by atoms with Gasteiger partial charge in [0.05, 0.1) is 11.3 Å². The van der Waals surface area contributed by atoms with E-state index in [0.717, 1.165) is 27.0 Å². The van der Waals surface area contributed by atoms with E-state index < -0.39 is 11.8 Å². The molecule has 0 amide bonds. The lowest BCUT2D eigenvalue weighted by Gasteiger charge is -2.17. The zero-order valence-electron chi connectivity index (χ0n) is 16.7. The lowest BCUT2D eigenvalue weighted by atomic mass is 10.1. The number of rotatable bonds is 6. The van der Waals surface area contributed by atoms with Crippen molar-refractivity contribution < 1.29 is 19.0 Å². The summed E-state index contributed by atoms with van der Waals surface area (Å²) in [7, 11) is 0. The van der Waals surface area contributed by atoms with Gasteiger partial charge in [-0.15, -0.1) is 0 Å². The molecule has 6 heteroatoms. The smallest absolute Gasteiger partial charge is 0.338 e. The quantitative estimate of drug-likeness (QED) is 0.337. The monoisotopic (exact) mass is 479 g/mol. The molecule has 0 bridgehead atoms. The molecule has 4 aromatic rings. The second-order valence-corrected chi connectivity index (χ2v) is 8.00. The van der Waals surface area contributed by atoms with Crippen LogP contribution in [-0.4, -0.2) is 15.6 Å². The van der Waals surface area contributed by atoms with Crippen LogP contribution in [0, 0.1) is 12.7 Å². The summed E-state index contributed by atoms with van der Waals surface area (Å²) in [6.07, 6.45) is 0. The topological polar surface area (TPSA) is 51.5 Å². The fourth-order valence-electron chi connectivity index (χ4n) is 3.47. The number of halogens is 2. The Bertz CT molecular complexity index is 1250. The standard InChI is InChI=1S/C25H19BrFNO3/c1-16-7-11-23(28(16)19-9-10-22(27)20(14-19)25(29)30)21-13-18(26)8-12-24(21)31-15-17-5-3-2-4-6-17/h2-14H,15H2,1H3,(H,29,30).